The Morgan fingerprint density at radius 1 is 1.11 bits per heavy atom. The molecule has 0 atom stereocenters. The molecule has 0 aliphatic carbocycles. The smallest absolute Gasteiger partial charge is 0.345 e. The Balaban J connectivity index is 1.80. The molecule has 0 bridgehead atoms. The third-order valence-electron chi connectivity index (χ3n) is 5.64. The third kappa shape index (κ3) is 5.81. The standard InChI is InChI=1S/C26H28N4O5/c1-6-35-26(32)23-10-9-22(14-24(23)30(33)34)29-18(4)12-21(19(29)5)15-27-28-25(31)13-20-8-7-16(2)11-17(20)3/h7-12,14-15H,6,13H2,1-5H3,(H,28,31)/b27-15-. The Bertz CT molecular complexity index is 1320. The zero-order valence-electron chi connectivity index (χ0n) is 20.4. The molecule has 1 heterocycles. The van der Waals surface area contributed by atoms with Gasteiger partial charge in [-0.2, -0.15) is 5.10 Å². The summed E-state index contributed by atoms with van der Waals surface area (Å²) in [7, 11) is 0. The molecule has 3 rings (SSSR count). The summed E-state index contributed by atoms with van der Waals surface area (Å²) in [5.41, 5.74) is 8.10. The van der Waals surface area contributed by atoms with Gasteiger partial charge in [-0.1, -0.05) is 23.8 Å². The fraction of sp³-hybridized carbons (Fsp3) is 0.269. The van der Waals surface area contributed by atoms with Gasteiger partial charge in [0.2, 0.25) is 5.91 Å². The second-order valence-corrected chi connectivity index (χ2v) is 8.24. The molecule has 9 nitrogen and oxygen atoms in total. The highest BCUT2D eigenvalue weighted by Gasteiger charge is 2.23. The Morgan fingerprint density at radius 2 is 1.86 bits per heavy atom. The van der Waals surface area contributed by atoms with Gasteiger partial charge in [0, 0.05) is 23.0 Å². The lowest BCUT2D eigenvalue weighted by Gasteiger charge is -2.11. The summed E-state index contributed by atoms with van der Waals surface area (Å²) in [5, 5.41) is 15.7. The maximum atomic E-state index is 12.3. The van der Waals surface area contributed by atoms with Gasteiger partial charge in [0.25, 0.3) is 5.69 Å². The molecule has 0 spiro atoms. The molecule has 182 valence electrons. The summed E-state index contributed by atoms with van der Waals surface area (Å²) in [4.78, 5) is 35.4. The number of hydrazone groups is 1. The summed E-state index contributed by atoms with van der Waals surface area (Å²) in [5.74, 6) is -0.969. The molecule has 1 aromatic heterocycles. The van der Waals surface area contributed by atoms with Crippen LogP contribution in [0.25, 0.3) is 5.69 Å². The number of aryl methyl sites for hydroxylation is 3. The third-order valence-corrected chi connectivity index (χ3v) is 5.64. The van der Waals surface area contributed by atoms with Gasteiger partial charge in [0.05, 0.1) is 29.9 Å². The molecule has 1 N–H and O–H groups in total. The average Bonchev–Trinajstić information content (AvgIpc) is 3.08. The summed E-state index contributed by atoms with van der Waals surface area (Å²) < 4.78 is 6.75. The number of benzene rings is 2. The van der Waals surface area contributed by atoms with Crippen LogP contribution < -0.4 is 5.43 Å². The predicted molar refractivity (Wildman–Crippen MR) is 133 cm³/mol. The number of nitrogens with one attached hydrogen (secondary N) is 1. The van der Waals surface area contributed by atoms with E-state index in [4.69, 9.17) is 4.74 Å². The quantitative estimate of drug-likeness (QED) is 0.223. The molecular formula is C26H28N4O5. The molecule has 1 amide bonds. The van der Waals surface area contributed by atoms with Gasteiger partial charge in [0.15, 0.2) is 0 Å². The highest BCUT2D eigenvalue weighted by molar-refractivity contribution is 5.94. The molecule has 0 fully saturated rings. The van der Waals surface area contributed by atoms with E-state index >= 15 is 0 Å². The van der Waals surface area contributed by atoms with Crippen LogP contribution in [0.2, 0.25) is 0 Å². The fourth-order valence-electron chi connectivity index (χ4n) is 3.94. The van der Waals surface area contributed by atoms with Gasteiger partial charge < -0.3 is 9.30 Å². The monoisotopic (exact) mass is 476 g/mol. The molecule has 0 unspecified atom stereocenters. The van der Waals surface area contributed by atoms with Crippen LogP contribution in [0.5, 0.6) is 0 Å². The van der Waals surface area contributed by atoms with Crippen LogP contribution in [0, 0.1) is 37.8 Å². The largest absolute Gasteiger partial charge is 0.462 e. The number of aromatic nitrogens is 1. The van der Waals surface area contributed by atoms with Crippen molar-refractivity contribution in [2.24, 2.45) is 5.10 Å². The first-order valence-electron chi connectivity index (χ1n) is 11.1. The van der Waals surface area contributed by atoms with Crippen LogP contribution in [0.1, 0.15) is 50.9 Å². The number of carbonyl (C=O) groups is 2. The first kappa shape index (κ1) is 25.4. The van der Waals surface area contributed by atoms with Gasteiger partial charge in [-0.15, -0.1) is 0 Å². The average molecular weight is 477 g/mol. The lowest BCUT2D eigenvalue weighted by molar-refractivity contribution is -0.385. The highest BCUT2D eigenvalue weighted by atomic mass is 16.6. The minimum atomic E-state index is -0.740. The number of nitro benzene ring substituents is 1. The van der Waals surface area contributed by atoms with Crippen LogP contribution in [0.3, 0.4) is 0 Å². The Morgan fingerprint density at radius 3 is 2.51 bits per heavy atom. The molecule has 3 aromatic rings. The van der Waals surface area contributed by atoms with Gasteiger partial charge in [0.1, 0.15) is 5.56 Å². The van der Waals surface area contributed by atoms with E-state index < -0.39 is 10.9 Å². The van der Waals surface area contributed by atoms with Crippen molar-refractivity contribution >= 4 is 23.8 Å². The van der Waals surface area contributed by atoms with Crippen molar-refractivity contribution in [3.63, 3.8) is 0 Å². The number of amides is 1. The van der Waals surface area contributed by atoms with Crippen molar-refractivity contribution < 1.29 is 19.2 Å². The maximum Gasteiger partial charge on any atom is 0.345 e. The summed E-state index contributed by atoms with van der Waals surface area (Å²) >= 11 is 0. The van der Waals surface area contributed by atoms with Crippen LogP contribution in [0.15, 0.2) is 47.6 Å². The first-order chi connectivity index (χ1) is 16.6. The Labute approximate surface area is 203 Å². The molecule has 9 heteroatoms. The number of carbonyl (C=O) groups excluding carboxylic acids is 2. The van der Waals surface area contributed by atoms with E-state index in [-0.39, 0.29) is 30.2 Å². The second-order valence-electron chi connectivity index (χ2n) is 8.24. The van der Waals surface area contributed by atoms with E-state index in [1.54, 1.807) is 19.2 Å². The van der Waals surface area contributed by atoms with Gasteiger partial charge in [-0.05, 0) is 63.9 Å². The fourth-order valence-corrected chi connectivity index (χ4v) is 3.94. The summed E-state index contributed by atoms with van der Waals surface area (Å²) in [6.45, 7) is 9.43. The summed E-state index contributed by atoms with van der Waals surface area (Å²) in [6.07, 6.45) is 1.76. The van der Waals surface area contributed by atoms with E-state index in [0.717, 1.165) is 33.6 Å². The van der Waals surface area contributed by atoms with Crippen molar-refractivity contribution in [1.82, 2.24) is 9.99 Å². The highest BCUT2D eigenvalue weighted by Crippen LogP contribution is 2.27. The summed E-state index contributed by atoms with van der Waals surface area (Å²) in [6, 6.07) is 12.2. The number of hydrogen-bond acceptors (Lipinski definition) is 6. The van der Waals surface area contributed by atoms with Gasteiger partial charge in [-0.25, -0.2) is 10.2 Å². The molecule has 0 saturated carbocycles. The molecule has 2 aromatic carbocycles. The maximum absolute atomic E-state index is 12.3. The molecule has 35 heavy (non-hydrogen) atoms. The van der Waals surface area contributed by atoms with E-state index in [1.807, 2.05) is 56.5 Å². The van der Waals surface area contributed by atoms with Crippen molar-refractivity contribution in [3.05, 3.63) is 91.8 Å². The second kappa shape index (κ2) is 10.8. The van der Waals surface area contributed by atoms with Crippen LogP contribution in [-0.2, 0) is 16.0 Å². The van der Waals surface area contributed by atoms with E-state index in [2.05, 4.69) is 10.5 Å². The minimum Gasteiger partial charge on any atom is -0.462 e. The number of nitrogens with zero attached hydrogens (tertiary/aromatic N) is 3. The number of rotatable bonds is 8. The Kier molecular flexibility index (Phi) is 7.80. The number of hydrogen-bond donors (Lipinski definition) is 1. The predicted octanol–water partition coefficient (Wildman–Crippen LogP) is 4.49. The SMILES string of the molecule is CCOC(=O)c1ccc(-n2c(C)cc(/C=N\NC(=O)Cc3ccc(C)cc3C)c2C)cc1[N+](=O)[O-]. The van der Waals surface area contributed by atoms with Gasteiger partial charge >= 0.3 is 5.97 Å². The van der Waals surface area contributed by atoms with Gasteiger partial charge in [-0.3, -0.25) is 14.9 Å². The molecule has 0 aliphatic rings. The van der Waals surface area contributed by atoms with Crippen LogP contribution in [0.4, 0.5) is 5.69 Å². The zero-order chi connectivity index (χ0) is 25.7. The molecule has 0 saturated heterocycles. The zero-order valence-corrected chi connectivity index (χ0v) is 20.4. The lowest BCUT2D eigenvalue weighted by Crippen LogP contribution is -2.20. The van der Waals surface area contributed by atoms with E-state index in [9.17, 15) is 19.7 Å². The molecule has 0 aliphatic heterocycles. The topological polar surface area (TPSA) is 116 Å². The van der Waals surface area contributed by atoms with Crippen molar-refractivity contribution in [2.45, 2.75) is 41.0 Å². The van der Waals surface area contributed by atoms with E-state index in [1.165, 1.54) is 12.1 Å². The molecular weight excluding hydrogens is 448 g/mol. The Hall–Kier alpha value is -4.27. The van der Waals surface area contributed by atoms with Crippen LogP contribution in [-0.4, -0.2) is 34.2 Å². The van der Waals surface area contributed by atoms with Crippen LogP contribution >= 0.6 is 0 Å². The van der Waals surface area contributed by atoms with E-state index in [0.29, 0.717) is 5.69 Å². The lowest BCUT2D eigenvalue weighted by atomic mass is 10.0. The van der Waals surface area contributed by atoms with Crippen molar-refractivity contribution in [2.75, 3.05) is 6.61 Å². The number of nitro groups is 1. The van der Waals surface area contributed by atoms with Crippen molar-refractivity contribution in [1.29, 1.82) is 0 Å². The first-order valence-corrected chi connectivity index (χ1v) is 11.1. The number of esters is 1. The molecule has 0 radical (unpaired) electrons. The minimum absolute atomic E-state index is 0.101. The normalized spacial score (nSPS) is 11.0. The van der Waals surface area contributed by atoms with Crippen molar-refractivity contribution in [3.8, 4) is 5.69 Å². The number of ether oxygens (including phenoxy) is 1.